The normalized spacial score (nSPS) is 11.1. The van der Waals surface area contributed by atoms with Gasteiger partial charge in [-0.1, -0.05) is 41.1 Å². The molecule has 118 valence electrons. The Bertz CT molecular complexity index is 800. The topological polar surface area (TPSA) is 42.2 Å². The Kier molecular flexibility index (Phi) is 4.48. The van der Waals surface area contributed by atoms with E-state index in [0.717, 1.165) is 16.7 Å². The number of aryl methyl sites for hydroxylation is 1. The lowest BCUT2D eigenvalue weighted by atomic mass is 10.1. The van der Waals surface area contributed by atoms with Crippen LogP contribution in [0.1, 0.15) is 17.0 Å². The van der Waals surface area contributed by atoms with Gasteiger partial charge in [0.2, 0.25) is 11.7 Å². The van der Waals surface area contributed by atoms with Gasteiger partial charge in [-0.15, -0.1) is 0 Å². The third-order valence-corrected chi connectivity index (χ3v) is 3.49. The van der Waals surface area contributed by atoms with Crippen LogP contribution < -0.4 is 0 Å². The summed E-state index contributed by atoms with van der Waals surface area (Å²) in [7, 11) is 1.93. The van der Waals surface area contributed by atoms with Crippen molar-refractivity contribution in [1.29, 1.82) is 0 Å². The molecule has 0 unspecified atom stereocenters. The summed E-state index contributed by atoms with van der Waals surface area (Å²) >= 11 is 0. The van der Waals surface area contributed by atoms with Gasteiger partial charge in [0.15, 0.2) is 0 Å². The van der Waals surface area contributed by atoms with Gasteiger partial charge in [0.25, 0.3) is 0 Å². The molecule has 5 heteroatoms. The number of benzene rings is 2. The second kappa shape index (κ2) is 6.71. The summed E-state index contributed by atoms with van der Waals surface area (Å²) < 4.78 is 18.5. The van der Waals surface area contributed by atoms with Gasteiger partial charge in [-0.2, -0.15) is 4.98 Å². The average Bonchev–Trinajstić information content (AvgIpc) is 2.95. The minimum atomic E-state index is -0.226. The zero-order valence-corrected chi connectivity index (χ0v) is 13.2. The first-order valence-corrected chi connectivity index (χ1v) is 7.43. The van der Waals surface area contributed by atoms with E-state index in [1.165, 1.54) is 12.1 Å². The van der Waals surface area contributed by atoms with Crippen LogP contribution in [0.3, 0.4) is 0 Å². The van der Waals surface area contributed by atoms with Crippen LogP contribution in [0, 0.1) is 12.7 Å². The molecule has 0 amide bonds. The second-order valence-corrected chi connectivity index (χ2v) is 5.68. The second-order valence-electron chi connectivity index (χ2n) is 5.68. The number of hydrogen-bond acceptors (Lipinski definition) is 4. The quantitative estimate of drug-likeness (QED) is 0.718. The molecule has 1 aromatic heterocycles. The molecule has 3 rings (SSSR count). The summed E-state index contributed by atoms with van der Waals surface area (Å²) in [4.78, 5) is 6.43. The standard InChI is InChI=1S/C18H18FN3O/c1-13-5-3-7-15(9-13)18-20-17(23-21-18)12-22(2)11-14-6-4-8-16(19)10-14/h3-10H,11-12H2,1-2H3. The van der Waals surface area contributed by atoms with Crippen molar-refractivity contribution >= 4 is 0 Å². The monoisotopic (exact) mass is 311 g/mol. The highest BCUT2D eigenvalue weighted by Gasteiger charge is 2.11. The van der Waals surface area contributed by atoms with Crippen LogP contribution in [0.15, 0.2) is 53.1 Å². The molecule has 0 saturated heterocycles. The molecule has 0 aliphatic rings. The van der Waals surface area contributed by atoms with Crippen molar-refractivity contribution in [1.82, 2.24) is 15.0 Å². The van der Waals surface area contributed by atoms with Gasteiger partial charge in [-0.05, 0) is 37.7 Å². The Morgan fingerprint density at radius 1 is 1.09 bits per heavy atom. The van der Waals surface area contributed by atoms with Gasteiger partial charge in [-0.25, -0.2) is 4.39 Å². The van der Waals surface area contributed by atoms with Gasteiger partial charge in [0, 0.05) is 12.1 Å². The van der Waals surface area contributed by atoms with Crippen LogP contribution in [0.2, 0.25) is 0 Å². The fourth-order valence-corrected chi connectivity index (χ4v) is 2.45. The molecular formula is C18H18FN3O. The first-order chi connectivity index (χ1) is 11.1. The van der Waals surface area contributed by atoms with Crippen molar-refractivity contribution in [2.24, 2.45) is 0 Å². The fraction of sp³-hybridized carbons (Fsp3) is 0.222. The summed E-state index contributed by atoms with van der Waals surface area (Å²) in [6.45, 7) is 3.15. The fourth-order valence-electron chi connectivity index (χ4n) is 2.45. The summed E-state index contributed by atoms with van der Waals surface area (Å²) in [6.07, 6.45) is 0. The molecule has 0 radical (unpaired) electrons. The Labute approximate surface area is 134 Å². The predicted molar refractivity (Wildman–Crippen MR) is 86.0 cm³/mol. The van der Waals surface area contributed by atoms with E-state index in [1.54, 1.807) is 6.07 Å². The summed E-state index contributed by atoms with van der Waals surface area (Å²) in [6, 6.07) is 14.5. The van der Waals surface area contributed by atoms with E-state index in [2.05, 4.69) is 10.1 Å². The first-order valence-electron chi connectivity index (χ1n) is 7.43. The number of halogens is 1. The van der Waals surface area contributed by atoms with Gasteiger partial charge in [-0.3, -0.25) is 4.90 Å². The molecule has 0 spiro atoms. The SMILES string of the molecule is Cc1cccc(-c2noc(CN(C)Cc3cccc(F)c3)n2)c1. The van der Waals surface area contributed by atoms with Crippen molar-refractivity contribution in [3.8, 4) is 11.4 Å². The lowest BCUT2D eigenvalue weighted by Gasteiger charge is -2.13. The highest BCUT2D eigenvalue weighted by atomic mass is 19.1. The van der Waals surface area contributed by atoms with E-state index in [0.29, 0.717) is 24.8 Å². The largest absolute Gasteiger partial charge is 0.338 e. The van der Waals surface area contributed by atoms with E-state index < -0.39 is 0 Å². The number of hydrogen-bond donors (Lipinski definition) is 0. The maximum absolute atomic E-state index is 13.2. The van der Waals surface area contributed by atoms with Gasteiger partial charge in [0.05, 0.1) is 6.54 Å². The molecule has 3 aromatic rings. The number of rotatable bonds is 5. The molecule has 4 nitrogen and oxygen atoms in total. The van der Waals surface area contributed by atoms with E-state index in [-0.39, 0.29) is 5.82 Å². The maximum atomic E-state index is 13.2. The summed E-state index contributed by atoms with van der Waals surface area (Å²) in [5.41, 5.74) is 3.00. The molecule has 0 bridgehead atoms. The van der Waals surface area contributed by atoms with E-state index in [4.69, 9.17) is 4.52 Å². The lowest BCUT2D eigenvalue weighted by Crippen LogP contribution is -2.17. The molecule has 1 heterocycles. The zero-order valence-electron chi connectivity index (χ0n) is 13.2. The Morgan fingerprint density at radius 3 is 2.70 bits per heavy atom. The zero-order chi connectivity index (χ0) is 16.2. The van der Waals surface area contributed by atoms with Gasteiger partial charge < -0.3 is 4.52 Å². The van der Waals surface area contributed by atoms with Crippen molar-refractivity contribution in [2.75, 3.05) is 7.05 Å². The van der Waals surface area contributed by atoms with E-state index in [1.807, 2.05) is 49.2 Å². The minimum absolute atomic E-state index is 0.226. The molecule has 0 aliphatic carbocycles. The predicted octanol–water partition coefficient (Wildman–Crippen LogP) is 3.82. The molecule has 0 saturated carbocycles. The van der Waals surface area contributed by atoms with Crippen LogP contribution in [-0.4, -0.2) is 22.1 Å². The van der Waals surface area contributed by atoms with E-state index in [9.17, 15) is 4.39 Å². The van der Waals surface area contributed by atoms with Crippen molar-refractivity contribution in [3.63, 3.8) is 0 Å². The average molecular weight is 311 g/mol. The highest BCUT2D eigenvalue weighted by Crippen LogP contribution is 2.17. The molecule has 0 aliphatic heterocycles. The Hall–Kier alpha value is -2.53. The maximum Gasteiger partial charge on any atom is 0.241 e. The summed E-state index contributed by atoms with van der Waals surface area (Å²) in [5.74, 6) is 0.902. The van der Waals surface area contributed by atoms with E-state index >= 15 is 0 Å². The number of nitrogens with zero attached hydrogens (tertiary/aromatic N) is 3. The van der Waals surface area contributed by atoms with Crippen molar-refractivity contribution in [2.45, 2.75) is 20.0 Å². The molecule has 23 heavy (non-hydrogen) atoms. The smallest absolute Gasteiger partial charge is 0.241 e. The van der Waals surface area contributed by atoms with Crippen LogP contribution in [0.5, 0.6) is 0 Å². The molecule has 0 atom stereocenters. The Morgan fingerprint density at radius 2 is 1.91 bits per heavy atom. The summed E-state index contributed by atoms with van der Waals surface area (Å²) in [5, 5.41) is 4.03. The molecule has 0 N–H and O–H groups in total. The van der Waals surface area contributed by atoms with Crippen LogP contribution in [-0.2, 0) is 13.1 Å². The first kappa shape index (κ1) is 15.4. The van der Waals surface area contributed by atoms with Crippen LogP contribution in [0.25, 0.3) is 11.4 Å². The highest BCUT2D eigenvalue weighted by molar-refractivity contribution is 5.55. The Balaban J connectivity index is 1.66. The molecular weight excluding hydrogens is 293 g/mol. The lowest BCUT2D eigenvalue weighted by molar-refractivity contribution is 0.260. The van der Waals surface area contributed by atoms with Gasteiger partial charge in [0.1, 0.15) is 5.82 Å². The number of aromatic nitrogens is 2. The third kappa shape index (κ3) is 4.02. The molecule has 0 fully saturated rings. The van der Waals surface area contributed by atoms with Crippen LogP contribution in [0.4, 0.5) is 4.39 Å². The van der Waals surface area contributed by atoms with Crippen LogP contribution >= 0.6 is 0 Å². The van der Waals surface area contributed by atoms with Gasteiger partial charge >= 0.3 is 0 Å². The van der Waals surface area contributed by atoms with Crippen molar-refractivity contribution < 1.29 is 8.91 Å². The molecule has 2 aromatic carbocycles. The minimum Gasteiger partial charge on any atom is -0.338 e. The third-order valence-electron chi connectivity index (χ3n) is 3.49. The van der Waals surface area contributed by atoms with Crippen molar-refractivity contribution in [3.05, 3.63) is 71.4 Å².